The van der Waals surface area contributed by atoms with Crippen LogP contribution in [0.2, 0.25) is 0 Å². The van der Waals surface area contributed by atoms with Gasteiger partial charge in [0.25, 0.3) is 0 Å². The first kappa shape index (κ1) is 11.2. The average Bonchev–Trinajstić information content (AvgIpc) is 2.19. The third kappa shape index (κ3) is 2.32. The molecule has 0 saturated carbocycles. The minimum absolute atomic E-state index is 0.0918. The van der Waals surface area contributed by atoms with Gasteiger partial charge in [0.05, 0.1) is 0 Å². The summed E-state index contributed by atoms with van der Waals surface area (Å²) in [6.45, 7) is 5.65. The van der Waals surface area contributed by atoms with E-state index in [2.05, 4.69) is 0 Å². The van der Waals surface area contributed by atoms with Crippen molar-refractivity contribution in [1.82, 2.24) is 0 Å². The molecule has 1 nitrogen and oxygen atoms in total. The molecule has 0 saturated heterocycles. The van der Waals surface area contributed by atoms with Crippen LogP contribution in [0.3, 0.4) is 0 Å². The summed E-state index contributed by atoms with van der Waals surface area (Å²) < 4.78 is 13.5. The van der Waals surface area contributed by atoms with Crippen molar-refractivity contribution in [3.63, 3.8) is 0 Å². The molecule has 1 aromatic carbocycles. The van der Waals surface area contributed by atoms with E-state index >= 15 is 0 Å². The van der Waals surface area contributed by atoms with Gasteiger partial charge in [0, 0.05) is 6.04 Å². The van der Waals surface area contributed by atoms with Crippen molar-refractivity contribution in [2.75, 3.05) is 0 Å². The summed E-state index contributed by atoms with van der Waals surface area (Å²) in [6, 6.07) is 3.93. The first-order valence-electron chi connectivity index (χ1n) is 5.06. The number of halogens is 1. The Labute approximate surface area is 85.1 Å². The Balaban J connectivity index is 2.94. The molecule has 0 fully saturated rings. The van der Waals surface area contributed by atoms with Crippen molar-refractivity contribution >= 4 is 0 Å². The number of rotatable bonds is 3. The first-order chi connectivity index (χ1) is 6.56. The van der Waals surface area contributed by atoms with Gasteiger partial charge in [-0.2, -0.15) is 0 Å². The molecule has 2 heteroatoms. The van der Waals surface area contributed by atoms with E-state index in [1.165, 1.54) is 0 Å². The van der Waals surface area contributed by atoms with Gasteiger partial charge in [0.2, 0.25) is 0 Å². The zero-order valence-electron chi connectivity index (χ0n) is 9.10. The molecule has 1 unspecified atom stereocenters. The molecule has 2 N–H and O–H groups in total. The fraction of sp³-hybridized carbons (Fsp3) is 0.500. The standard InChI is InChI=1S/C12H18FN/c1-4-11(14)7-10-6-5-8(2)12(13)9(10)3/h5-6,11H,4,7,14H2,1-3H3. The second kappa shape index (κ2) is 4.56. The smallest absolute Gasteiger partial charge is 0.129 e. The molecule has 1 rings (SSSR count). The highest BCUT2D eigenvalue weighted by atomic mass is 19.1. The van der Waals surface area contributed by atoms with E-state index in [0.717, 1.165) is 24.0 Å². The van der Waals surface area contributed by atoms with Crippen LogP contribution < -0.4 is 5.73 Å². The largest absolute Gasteiger partial charge is 0.327 e. The predicted octanol–water partition coefficient (Wildman–Crippen LogP) is 2.72. The van der Waals surface area contributed by atoms with Gasteiger partial charge in [-0.1, -0.05) is 19.1 Å². The summed E-state index contributed by atoms with van der Waals surface area (Å²) in [5, 5.41) is 0. The molecular weight excluding hydrogens is 177 g/mol. The summed E-state index contributed by atoms with van der Waals surface area (Å²) in [5.74, 6) is -0.0918. The molecule has 78 valence electrons. The van der Waals surface area contributed by atoms with Gasteiger partial charge in [-0.25, -0.2) is 4.39 Å². The molecule has 0 spiro atoms. The molecule has 0 bridgehead atoms. The summed E-state index contributed by atoms with van der Waals surface area (Å²) in [5.41, 5.74) is 8.32. The maximum Gasteiger partial charge on any atom is 0.129 e. The quantitative estimate of drug-likeness (QED) is 0.788. The van der Waals surface area contributed by atoms with Crippen molar-refractivity contribution in [1.29, 1.82) is 0 Å². The highest BCUT2D eigenvalue weighted by molar-refractivity contribution is 5.32. The Morgan fingerprint density at radius 2 is 2.00 bits per heavy atom. The Hall–Kier alpha value is -0.890. The minimum Gasteiger partial charge on any atom is -0.327 e. The molecule has 1 aromatic rings. The Morgan fingerprint density at radius 3 is 2.57 bits per heavy atom. The zero-order valence-corrected chi connectivity index (χ0v) is 9.10. The van der Waals surface area contributed by atoms with Crippen LogP contribution in [-0.4, -0.2) is 6.04 Å². The molecule has 1 atom stereocenters. The second-order valence-electron chi connectivity index (χ2n) is 3.85. The molecule has 0 aromatic heterocycles. The lowest BCUT2D eigenvalue weighted by molar-refractivity contribution is 0.596. The van der Waals surface area contributed by atoms with Crippen LogP contribution >= 0.6 is 0 Å². The molecular formula is C12H18FN. The molecule has 0 aliphatic rings. The third-order valence-corrected chi connectivity index (χ3v) is 2.70. The van der Waals surface area contributed by atoms with Gasteiger partial charge in [-0.3, -0.25) is 0 Å². The van der Waals surface area contributed by atoms with E-state index < -0.39 is 0 Å². The number of aryl methyl sites for hydroxylation is 1. The Bertz CT molecular complexity index is 320. The lowest BCUT2D eigenvalue weighted by atomic mass is 9.98. The summed E-state index contributed by atoms with van der Waals surface area (Å²) in [7, 11) is 0. The van der Waals surface area contributed by atoms with Crippen molar-refractivity contribution in [3.05, 3.63) is 34.6 Å². The van der Waals surface area contributed by atoms with Gasteiger partial charge in [0.15, 0.2) is 0 Å². The lowest BCUT2D eigenvalue weighted by Gasteiger charge is -2.12. The van der Waals surface area contributed by atoms with Crippen molar-refractivity contribution in [2.24, 2.45) is 5.73 Å². The topological polar surface area (TPSA) is 26.0 Å². The van der Waals surface area contributed by atoms with Gasteiger partial charge < -0.3 is 5.73 Å². The third-order valence-electron chi connectivity index (χ3n) is 2.70. The summed E-state index contributed by atoms with van der Waals surface area (Å²) >= 11 is 0. The number of hydrogen-bond donors (Lipinski definition) is 1. The minimum atomic E-state index is -0.0918. The van der Waals surface area contributed by atoms with E-state index in [0.29, 0.717) is 5.56 Å². The van der Waals surface area contributed by atoms with Crippen LogP contribution in [-0.2, 0) is 6.42 Å². The van der Waals surface area contributed by atoms with Gasteiger partial charge >= 0.3 is 0 Å². The maximum atomic E-state index is 13.5. The van der Waals surface area contributed by atoms with E-state index in [9.17, 15) is 4.39 Å². The Morgan fingerprint density at radius 1 is 1.36 bits per heavy atom. The van der Waals surface area contributed by atoms with Crippen LogP contribution in [0, 0.1) is 19.7 Å². The molecule has 14 heavy (non-hydrogen) atoms. The number of nitrogens with two attached hydrogens (primary N) is 1. The zero-order chi connectivity index (χ0) is 10.7. The monoisotopic (exact) mass is 195 g/mol. The van der Waals surface area contributed by atoms with Crippen molar-refractivity contribution < 1.29 is 4.39 Å². The van der Waals surface area contributed by atoms with E-state index in [4.69, 9.17) is 5.73 Å². The van der Waals surface area contributed by atoms with Gasteiger partial charge in [-0.05, 0) is 43.4 Å². The maximum absolute atomic E-state index is 13.5. The van der Waals surface area contributed by atoms with Crippen molar-refractivity contribution in [3.8, 4) is 0 Å². The SMILES string of the molecule is CCC(N)Cc1ccc(C)c(F)c1C. The van der Waals surface area contributed by atoms with Crippen LogP contribution in [0.5, 0.6) is 0 Å². The molecule has 0 aliphatic carbocycles. The summed E-state index contributed by atoms with van der Waals surface area (Å²) in [4.78, 5) is 0. The number of hydrogen-bond acceptors (Lipinski definition) is 1. The van der Waals surface area contributed by atoms with Crippen molar-refractivity contribution in [2.45, 2.75) is 39.7 Å². The van der Waals surface area contributed by atoms with Gasteiger partial charge in [0.1, 0.15) is 5.82 Å². The van der Waals surface area contributed by atoms with Crippen LogP contribution in [0.15, 0.2) is 12.1 Å². The molecule has 0 aliphatic heterocycles. The van der Waals surface area contributed by atoms with E-state index in [1.54, 1.807) is 6.92 Å². The molecule has 0 radical (unpaired) electrons. The first-order valence-corrected chi connectivity index (χ1v) is 5.06. The highest BCUT2D eigenvalue weighted by Gasteiger charge is 2.09. The second-order valence-corrected chi connectivity index (χ2v) is 3.85. The van der Waals surface area contributed by atoms with Crippen LogP contribution in [0.4, 0.5) is 4.39 Å². The fourth-order valence-corrected chi connectivity index (χ4v) is 1.51. The summed E-state index contributed by atoms with van der Waals surface area (Å²) in [6.07, 6.45) is 1.69. The number of benzene rings is 1. The van der Waals surface area contributed by atoms with E-state index in [-0.39, 0.29) is 11.9 Å². The van der Waals surface area contributed by atoms with Crippen LogP contribution in [0.25, 0.3) is 0 Å². The predicted molar refractivity (Wildman–Crippen MR) is 57.8 cm³/mol. The van der Waals surface area contributed by atoms with E-state index in [1.807, 2.05) is 26.0 Å². The van der Waals surface area contributed by atoms with Crippen LogP contribution in [0.1, 0.15) is 30.0 Å². The average molecular weight is 195 g/mol. The normalized spacial score (nSPS) is 12.9. The molecule has 0 amide bonds. The van der Waals surface area contributed by atoms with Gasteiger partial charge in [-0.15, -0.1) is 0 Å². The lowest BCUT2D eigenvalue weighted by Crippen LogP contribution is -2.22. The Kier molecular flexibility index (Phi) is 3.64. The fourth-order valence-electron chi connectivity index (χ4n) is 1.51. The molecule has 0 heterocycles. The highest BCUT2D eigenvalue weighted by Crippen LogP contribution is 2.17.